The molecule has 1 aromatic heterocycles. The number of carbonyl (C=O) groups is 2. The van der Waals surface area contributed by atoms with Gasteiger partial charge >= 0.3 is 46.0 Å². The first kappa shape index (κ1) is 23.2. The molecule has 0 saturated carbocycles. The number of amides is 3. The Morgan fingerprint density at radius 3 is 2.69 bits per heavy atom. The second-order valence-electron chi connectivity index (χ2n) is 6.19. The van der Waals surface area contributed by atoms with Gasteiger partial charge in [0.1, 0.15) is 12.1 Å². The van der Waals surface area contributed by atoms with Gasteiger partial charge in [-0.25, -0.2) is 4.79 Å². The van der Waals surface area contributed by atoms with Gasteiger partial charge in [0.2, 0.25) is 5.91 Å². The third-order valence-electron chi connectivity index (χ3n) is 4.33. The molecule has 3 rings (SSSR count). The van der Waals surface area contributed by atoms with Gasteiger partial charge in [-0.2, -0.15) is 18.2 Å². The van der Waals surface area contributed by atoms with Gasteiger partial charge in [0, 0.05) is 12.3 Å². The summed E-state index contributed by atoms with van der Waals surface area (Å²) in [5, 5.41) is 23.7. The molecule has 29 heavy (non-hydrogen) atoms. The van der Waals surface area contributed by atoms with Gasteiger partial charge < -0.3 is 20.5 Å². The topological polar surface area (TPSA) is 182 Å². The van der Waals surface area contributed by atoms with E-state index in [9.17, 15) is 33.1 Å². The second-order valence-corrected chi connectivity index (χ2v) is 7.19. The molecule has 152 valence electrons. The molecule has 0 spiro atoms. The molecule has 2 atom stereocenters. The molecule has 3 amide bonds. The fourth-order valence-corrected chi connectivity index (χ4v) is 3.34. The molecule has 0 unspecified atom stereocenters. The minimum atomic E-state index is -4.93. The molecule has 2 aliphatic rings. The Labute approximate surface area is 186 Å². The van der Waals surface area contributed by atoms with Crippen LogP contribution in [0.25, 0.3) is 0 Å². The smallest absolute Gasteiger partial charge is 0.869 e. The summed E-state index contributed by atoms with van der Waals surface area (Å²) in [7, 11) is -4.93. The Bertz CT molecular complexity index is 1040. The van der Waals surface area contributed by atoms with Crippen LogP contribution in [0.1, 0.15) is 12.6 Å². The molecule has 13 nitrogen and oxygen atoms in total. The average molecular weight is 438 g/mol. The minimum Gasteiger partial charge on any atom is -0.869 e. The number of nitrogens with zero attached hydrogens (tertiary/aromatic N) is 3. The van der Waals surface area contributed by atoms with Crippen molar-refractivity contribution in [1.82, 2.24) is 20.0 Å². The standard InChI is InChI=1S/C14H16N4O9S.Na/c1-7-2-9(16-5-10(7)18(14(16)22)27-28(24,25)26)13(21)15-4-8-3-11(19)12(20)6-17(8)23;/h2-3,6,9-10,20,23H,4-5H2,1H3,(H,15,21)(H,24,25,26);/q;+1/p-1/t9-,10-;/m0./s1. The van der Waals surface area contributed by atoms with Crippen LogP contribution in [0.5, 0.6) is 5.75 Å². The van der Waals surface area contributed by atoms with E-state index in [1.54, 1.807) is 6.92 Å². The van der Waals surface area contributed by atoms with E-state index in [0.717, 1.165) is 11.0 Å². The minimum absolute atomic E-state index is 0. The summed E-state index contributed by atoms with van der Waals surface area (Å²) in [5.41, 5.74) is -0.462. The van der Waals surface area contributed by atoms with Crippen LogP contribution < -0.4 is 45.4 Å². The number of fused-ring (bicyclic) bond motifs is 2. The summed E-state index contributed by atoms with van der Waals surface area (Å²) < 4.78 is 35.4. The number of rotatable bonds is 5. The zero-order chi connectivity index (χ0) is 20.8. The molecule has 0 aromatic carbocycles. The monoisotopic (exact) mass is 438 g/mol. The molecule has 0 radical (unpaired) electrons. The molecule has 1 saturated heterocycles. The summed E-state index contributed by atoms with van der Waals surface area (Å²) in [5.74, 6) is -1.60. The van der Waals surface area contributed by atoms with Crippen molar-refractivity contribution in [2.24, 2.45) is 0 Å². The number of urea groups is 1. The van der Waals surface area contributed by atoms with Gasteiger partial charge in [-0.15, -0.1) is 4.28 Å². The van der Waals surface area contributed by atoms with E-state index in [4.69, 9.17) is 4.55 Å². The van der Waals surface area contributed by atoms with Crippen LogP contribution in [-0.4, -0.2) is 63.4 Å². The van der Waals surface area contributed by atoms with Crippen LogP contribution >= 0.6 is 0 Å². The average Bonchev–Trinajstić information content (AvgIpc) is 2.85. The quantitative estimate of drug-likeness (QED) is 0.175. The second kappa shape index (κ2) is 8.33. The fraction of sp³-hybridized carbons (Fsp3) is 0.357. The van der Waals surface area contributed by atoms with Crippen molar-refractivity contribution in [3.8, 4) is 5.75 Å². The molecule has 0 aliphatic carbocycles. The van der Waals surface area contributed by atoms with Gasteiger partial charge in [0.25, 0.3) is 0 Å². The molecule has 3 heterocycles. The van der Waals surface area contributed by atoms with Gasteiger partial charge in [-0.1, -0.05) is 6.08 Å². The third kappa shape index (κ3) is 4.73. The molecule has 2 bridgehead atoms. The maximum atomic E-state index is 12.5. The summed E-state index contributed by atoms with van der Waals surface area (Å²) in [6.07, 6.45) is 2.08. The van der Waals surface area contributed by atoms with Gasteiger partial charge in [0.15, 0.2) is 5.43 Å². The van der Waals surface area contributed by atoms with E-state index in [1.807, 2.05) is 0 Å². The SMILES string of the molecule is CC1=C[C@@H](C(=O)NCc2cc(=O)c([O-])cn2O)N2C[C@@H]1N(OS(=O)(=O)O)C2=O.[Na+]. The number of hydrogen-bond acceptors (Lipinski definition) is 8. The van der Waals surface area contributed by atoms with Crippen LogP contribution in [0, 0.1) is 0 Å². The number of carbonyl (C=O) groups excluding carboxylic acids is 2. The summed E-state index contributed by atoms with van der Waals surface area (Å²) in [6.45, 7) is 1.19. The van der Waals surface area contributed by atoms with Crippen LogP contribution in [0.4, 0.5) is 4.79 Å². The summed E-state index contributed by atoms with van der Waals surface area (Å²) in [4.78, 5) is 37.3. The molecule has 1 fully saturated rings. The Morgan fingerprint density at radius 2 is 2.07 bits per heavy atom. The van der Waals surface area contributed by atoms with E-state index in [0.29, 0.717) is 21.6 Å². The van der Waals surface area contributed by atoms with Gasteiger partial charge in [0.05, 0.1) is 18.8 Å². The van der Waals surface area contributed by atoms with Crippen LogP contribution in [-0.2, 0) is 26.0 Å². The van der Waals surface area contributed by atoms with E-state index in [2.05, 4.69) is 9.60 Å². The third-order valence-corrected chi connectivity index (χ3v) is 4.68. The maximum absolute atomic E-state index is 12.5. The maximum Gasteiger partial charge on any atom is 1.00 e. The zero-order valence-corrected chi connectivity index (χ0v) is 18.1. The zero-order valence-electron chi connectivity index (χ0n) is 15.3. The number of hydroxylamine groups is 2. The van der Waals surface area contributed by atoms with E-state index in [1.165, 1.54) is 6.08 Å². The van der Waals surface area contributed by atoms with Crippen LogP contribution in [0.3, 0.4) is 0 Å². The van der Waals surface area contributed by atoms with Crippen molar-refractivity contribution in [2.45, 2.75) is 25.6 Å². The number of hydrogen-bond donors (Lipinski definition) is 3. The molecule has 15 heteroatoms. The van der Waals surface area contributed by atoms with E-state index in [-0.39, 0.29) is 48.3 Å². The summed E-state index contributed by atoms with van der Waals surface area (Å²) in [6, 6.07) is -1.99. The normalized spacial score (nSPS) is 20.9. The molecular formula is C14H15N4NaO9S. The van der Waals surface area contributed by atoms with Crippen molar-refractivity contribution in [3.63, 3.8) is 0 Å². The first-order chi connectivity index (χ1) is 13.0. The Hall–Kier alpha value is -2.10. The Kier molecular flexibility index (Phi) is 6.66. The van der Waals surface area contributed by atoms with Crippen LogP contribution in [0.2, 0.25) is 0 Å². The van der Waals surface area contributed by atoms with Crippen molar-refractivity contribution >= 4 is 22.3 Å². The predicted molar refractivity (Wildman–Crippen MR) is 87.1 cm³/mol. The van der Waals surface area contributed by atoms with Crippen molar-refractivity contribution in [2.75, 3.05) is 6.54 Å². The number of pyridine rings is 1. The van der Waals surface area contributed by atoms with Crippen LogP contribution in [0.15, 0.2) is 28.7 Å². The molecule has 2 aliphatic heterocycles. The largest absolute Gasteiger partial charge is 1.00 e. The number of aromatic nitrogens is 1. The Balaban J connectivity index is 0.00000300. The van der Waals surface area contributed by atoms with E-state index < -0.39 is 45.6 Å². The van der Waals surface area contributed by atoms with Gasteiger partial charge in [-0.05, 0) is 18.2 Å². The predicted octanol–water partition coefficient (Wildman–Crippen LogP) is -5.05. The number of nitrogens with one attached hydrogen (secondary N) is 1. The first-order valence-electron chi connectivity index (χ1n) is 7.82. The molecule has 3 N–H and O–H groups in total. The fourth-order valence-electron chi connectivity index (χ4n) is 2.97. The van der Waals surface area contributed by atoms with Crippen molar-refractivity contribution < 1.29 is 66.7 Å². The molecular weight excluding hydrogens is 423 g/mol. The Morgan fingerprint density at radius 1 is 1.41 bits per heavy atom. The van der Waals surface area contributed by atoms with Crippen molar-refractivity contribution in [3.05, 3.63) is 39.8 Å². The van der Waals surface area contributed by atoms with Crippen molar-refractivity contribution in [1.29, 1.82) is 0 Å². The van der Waals surface area contributed by atoms with E-state index >= 15 is 0 Å². The summed E-state index contributed by atoms with van der Waals surface area (Å²) >= 11 is 0. The molecule has 1 aromatic rings. The van der Waals surface area contributed by atoms with Gasteiger partial charge in [-0.3, -0.25) is 14.1 Å². The first-order valence-corrected chi connectivity index (χ1v) is 9.19.